The summed E-state index contributed by atoms with van der Waals surface area (Å²) in [5.41, 5.74) is 2.33. The van der Waals surface area contributed by atoms with E-state index in [-0.39, 0.29) is 18.0 Å². The Labute approximate surface area is 159 Å². The number of hydrogen-bond acceptors (Lipinski definition) is 4. The van der Waals surface area contributed by atoms with Gasteiger partial charge in [-0.1, -0.05) is 18.2 Å². The Morgan fingerprint density at radius 3 is 2.81 bits per heavy atom. The largest absolute Gasteiger partial charge is 0.450 e. The molecule has 1 fully saturated rings. The van der Waals surface area contributed by atoms with Crippen LogP contribution in [0, 0.1) is 0 Å². The molecule has 1 saturated heterocycles. The number of nitrogens with one attached hydrogen (secondary N) is 3. The SMILES string of the molecule is CCOC(=O)N1CCC(NCC(=O)NCCc2c[nH]c3ccccc23)CC1. The summed E-state index contributed by atoms with van der Waals surface area (Å²) in [7, 11) is 0. The second-order valence-corrected chi connectivity index (χ2v) is 6.80. The number of aromatic nitrogens is 1. The third kappa shape index (κ3) is 5.23. The molecule has 7 heteroatoms. The van der Waals surface area contributed by atoms with Crippen LogP contribution in [0.25, 0.3) is 10.9 Å². The minimum absolute atomic E-state index is 0.00247. The number of amides is 2. The Morgan fingerprint density at radius 1 is 1.26 bits per heavy atom. The molecule has 146 valence electrons. The Kier molecular flexibility index (Phi) is 6.70. The van der Waals surface area contributed by atoms with Gasteiger partial charge in [0.15, 0.2) is 0 Å². The van der Waals surface area contributed by atoms with Crippen molar-refractivity contribution in [3.05, 3.63) is 36.0 Å². The van der Waals surface area contributed by atoms with Gasteiger partial charge in [-0.15, -0.1) is 0 Å². The Bertz CT molecular complexity index is 765. The lowest BCUT2D eigenvalue weighted by atomic mass is 10.1. The average molecular weight is 372 g/mol. The number of H-pyrrole nitrogens is 1. The third-order valence-corrected chi connectivity index (χ3v) is 4.96. The summed E-state index contributed by atoms with van der Waals surface area (Å²) in [5, 5.41) is 7.46. The van der Waals surface area contributed by atoms with E-state index in [4.69, 9.17) is 4.74 Å². The van der Waals surface area contributed by atoms with Gasteiger partial charge in [-0.3, -0.25) is 4.79 Å². The van der Waals surface area contributed by atoms with E-state index in [9.17, 15) is 9.59 Å². The molecule has 27 heavy (non-hydrogen) atoms. The van der Waals surface area contributed by atoms with Crippen molar-refractivity contribution in [1.29, 1.82) is 0 Å². The van der Waals surface area contributed by atoms with E-state index in [1.165, 1.54) is 10.9 Å². The van der Waals surface area contributed by atoms with Crippen molar-refractivity contribution in [2.24, 2.45) is 0 Å². The first-order chi connectivity index (χ1) is 13.2. The minimum Gasteiger partial charge on any atom is -0.450 e. The maximum Gasteiger partial charge on any atom is 0.409 e. The number of nitrogens with zero attached hydrogens (tertiary/aromatic N) is 1. The fraction of sp³-hybridized carbons (Fsp3) is 0.500. The zero-order valence-corrected chi connectivity index (χ0v) is 15.8. The molecule has 1 aromatic carbocycles. The van der Waals surface area contributed by atoms with Crippen molar-refractivity contribution in [1.82, 2.24) is 20.5 Å². The topological polar surface area (TPSA) is 86.5 Å². The summed E-state index contributed by atoms with van der Waals surface area (Å²) in [5.74, 6) is 0.00247. The highest BCUT2D eigenvalue weighted by Gasteiger charge is 2.23. The van der Waals surface area contributed by atoms with E-state index in [2.05, 4.69) is 27.8 Å². The summed E-state index contributed by atoms with van der Waals surface area (Å²) < 4.78 is 5.02. The van der Waals surface area contributed by atoms with Gasteiger partial charge in [-0.05, 0) is 37.8 Å². The molecule has 0 aliphatic carbocycles. The number of para-hydroxylation sites is 1. The van der Waals surface area contributed by atoms with E-state index < -0.39 is 0 Å². The summed E-state index contributed by atoms with van der Waals surface area (Å²) in [6, 6.07) is 8.43. The molecule has 0 atom stereocenters. The van der Waals surface area contributed by atoms with Gasteiger partial charge in [0.1, 0.15) is 0 Å². The maximum absolute atomic E-state index is 12.1. The monoisotopic (exact) mass is 372 g/mol. The Morgan fingerprint density at radius 2 is 2.04 bits per heavy atom. The van der Waals surface area contributed by atoms with Gasteiger partial charge in [0.25, 0.3) is 0 Å². The number of carbonyl (C=O) groups excluding carboxylic acids is 2. The van der Waals surface area contributed by atoms with E-state index >= 15 is 0 Å². The molecule has 1 aliphatic rings. The highest BCUT2D eigenvalue weighted by atomic mass is 16.6. The number of likely N-dealkylation sites (tertiary alicyclic amines) is 1. The third-order valence-electron chi connectivity index (χ3n) is 4.96. The number of ether oxygens (including phenoxy) is 1. The highest BCUT2D eigenvalue weighted by molar-refractivity contribution is 5.83. The molecule has 0 bridgehead atoms. The first-order valence-corrected chi connectivity index (χ1v) is 9.64. The number of fused-ring (bicyclic) bond motifs is 1. The van der Waals surface area contributed by atoms with Gasteiger partial charge in [0.2, 0.25) is 5.91 Å². The Hall–Kier alpha value is -2.54. The molecule has 0 spiro atoms. The van der Waals surface area contributed by atoms with Gasteiger partial charge in [-0.2, -0.15) is 0 Å². The predicted octanol–water partition coefficient (Wildman–Crippen LogP) is 2.04. The van der Waals surface area contributed by atoms with Crippen molar-refractivity contribution in [2.45, 2.75) is 32.2 Å². The van der Waals surface area contributed by atoms with E-state index in [1.807, 2.05) is 25.3 Å². The number of carbonyl (C=O) groups is 2. The molecule has 0 unspecified atom stereocenters. The Balaban J connectivity index is 1.33. The molecule has 3 rings (SSSR count). The van der Waals surface area contributed by atoms with Crippen LogP contribution in [0.3, 0.4) is 0 Å². The number of rotatable bonds is 7. The molecule has 1 aromatic heterocycles. The first-order valence-electron chi connectivity index (χ1n) is 9.64. The van der Waals surface area contributed by atoms with Crippen LogP contribution in [0.2, 0.25) is 0 Å². The first kappa shape index (κ1) is 19.2. The van der Waals surface area contributed by atoms with Crippen LogP contribution in [0.5, 0.6) is 0 Å². The summed E-state index contributed by atoms with van der Waals surface area (Å²) in [4.78, 5) is 28.7. The average Bonchev–Trinajstić information content (AvgIpc) is 3.10. The smallest absolute Gasteiger partial charge is 0.409 e. The summed E-state index contributed by atoms with van der Waals surface area (Å²) >= 11 is 0. The van der Waals surface area contributed by atoms with Crippen LogP contribution < -0.4 is 10.6 Å². The number of piperidine rings is 1. The quantitative estimate of drug-likeness (QED) is 0.694. The fourth-order valence-electron chi connectivity index (χ4n) is 3.46. The molecule has 0 saturated carbocycles. The fourth-order valence-corrected chi connectivity index (χ4v) is 3.46. The molecule has 2 amide bonds. The number of aromatic amines is 1. The van der Waals surface area contributed by atoms with Gasteiger partial charge >= 0.3 is 6.09 Å². The second kappa shape index (κ2) is 9.41. The molecule has 3 N–H and O–H groups in total. The molecule has 1 aliphatic heterocycles. The van der Waals surface area contributed by atoms with Crippen molar-refractivity contribution in [2.75, 3.05) is 32.8 Å². The zero-order valence-electron chi connectivity index (χ0n) is 15.8. The van der Waals surface area contributed by atoms with Gasteiger partial charge in [0, 0.05) is 42.8 Å². The molecule has 0 radical (unpaired) electrons. The summed E-state index contributed by atoms with van der Waals surface area (Å²) in [6.07, 6.45) is 4.23. The lowest BCUT2D eigenvalue weighted by molar-refractivity contribution is -0.120. The molecule has 2 heterocycles. The normalized spacial score (nSPS) is 15.1. The zero-order chi connectivity index (χ0) is 19.1. The molecular formula is C20H28N4O3. The van der Waals surface area contributed by atoms with E-state index in [1.54, 1.807) is 4.90 Å². The van der Waals surface area contributed by atoms with E-state index in [0.717, 1.165) is 24.8 Å². The standard InChI is InChI=1S/C20H28N4O3/c1-2-27-20(26)24-11-8-16(9-12-24)22-14-19(25)21-10-7-15-13-23-18-6-4-3-5-17(15)18/h3-6,13,16,22-23H,2,7-12,14H2,1H3,(H,21,25). The number of hydrogen-bond donors (Lipinski definition) is 3. The van der Waals surface area contributed by atoms with Gasteiger partial charge < -0.3 is 25.3 Å². The molecular weight excluding hydrogens is 344 g/mol. The lowest BCUT2D eigenvalue weighted by Gasteiger charge is -2.31. The highest BCUT2D eigenvalue weighted by Crippen LogP contribution is 2.17. The number of benzene rings is 1. The minimum atomic E-state index is -0.244. The molecule has 2 aromatic rings. The van der Waals surface area contributed by atoms with Gasteiger partial charge in [0.05, 0.1) is 13.2 Å². The van der Waals surface area contributed by atoms with Gasteiger partial charge in [-0.25, -0.2) is 4.79 Å². The summed E-state index contributed by atoms with van der Waals surface area (Å²) in [6.45, 7) is 4.46. The van der Waals surface area contributed by atoms with Crippen LogP contribution in [-0.2, 0) is 16.0 Å². The van der Waals surface area contributed by atoms with Crippen molar-refractivity contribution in [3.63, 3.8) is 0 Å². The van der Waals surface area contributed by atoms with Crippen LogP contribution in [0.1, 0.15) is 25.3 Å². The van der Waals surface area contributed by atoms with Crippen LogP contribution in [0.4, 0.5) is 4.79 Å². The second-order valence-electron chi connectivity index (χ2n) is 6.80. The van der Waals surface area contributed by atoms with Crippen LogP contribution >= 0.6 is 0 Å². The lowest BCUT2D eigenvalue weighted by Crippen LogP contribution is -2.47. The molecule has 7 nitrogen and oxygen atoms in total. The van der Waals surface area contributed by atoms with Crippen molar-refractivity contribution >= 4 is 22.9 Å². The van der Waals surface area contributed by atoms with Crippen LogP contribution in [0.15, 0.2) is 30.5 Å². The van der Waals surface area contributed by atoms with Crippen molar-refractivity contribution in [3.8, 4) is 0 Å². The van der Waals surface area contributed by atoms with E-state index in [0.29, 0.717) is 32.8 Å². The van der Waals surface area contributed by atoms with Crippen molar-refractivity contribution < 1.29 is 14.3 Å². The predicted molar refractivity (Wildman–Crippen MR) is 105 cm³/mol. The maximum atomic E-state index is 12.1. The van der Waals surface area contributed by atoms with Crippen LogP contribution in [-0.4, -0.2) is 60.7 Å².